The van der Waals surface area contributed by atoms with E-state index in [-0.39, 0.29) is 6.03 Å². The number of unbranched alkanes of at least 4 members (excludes halogenated alkanes) is 2. The van der Waals surface area contributed by atoms with Gasteiger partial charge in [0.1, 0.15) is 0 Å². The van der Waals surface area contributed by atoms with Gasteiger partial charge in [-0.3, -0.25) is 0 Å². The maximum Gasteiger partial charge on any atom is 0.318 e. The van der Waals surface area contributed by atoms with Crippen LogP contribution in [-0.2, 0) is 0 Å². The average molecular weight is 156 g/mol. The Labute approximate surface area is 67.9 Å². The fraction of sp³-hybridized carbons (Fsp3) is 0.625. The maximum absolute atomic E-state index is 10.7. The molecule has 0 rings (SSSR count). The van der Waals surface area contributed by atoms with Gasteiger partial charge in [0.2, 0.25) is 0 Å². The first kappa shape index (κ1) is 10.0. The van der Waals surface area contributed by atoms with Crippen LogP contribution in [0, 0.1) is 0 Å². The summed E-state index contributed by atoms with van der Waals surface area (Å²) in [5.74, 6) is 0. The van der Waals surface area contributed by atoms with E-state index in [9.17, 15) is 4.79 Å². The topological polar surface area (TPSA) is 41.1 Å². The molecule has 2 N–H and O–H groups in total. The van der Waals surface area contributed by atoms with E-state index in [1.165, 1.54) is 12.6 Å². The predicted octanol–water partition coefficient (Wildman–Crippen LogP) is 1.62. The third-order valence-electron chi connectivity index (χ3n) is 1.30. The zero-order valence-corrected chi connectivity index (χ0v) is 7.02. The molecule has 0 radical (unpaired) electrons. The molecule has 2 amide bonds. The van der Waals surface area contributed by atoms with E-state index in [4.69, 9.17) is 0 Å². The van der Waals surface area contributed by atoms with Crippen LogP contribution >= 0.6 is 0 Å². The number of rotatable bonds is 5. The van der Waals surface area contributed by atoms with E-state index in [1.807, 2.05) is 0 Å². The van der Waals surface area contributed by atoms with Gasteiger partial charge < -0.3 is 10.6 Å². The van der Waals surface area contributed by atoms with Crippen molar-refractivity contribution in [1.29, 1.82) is 0 Å². The van der Waals surface area contributed by atoms with Crippen LogP contribution in [-0.4, -0.2) is 12.6 Å². The molecule has 0 heterocycles. The first-order valence-corrected chi connectivity index (χ1v) is 3.96. The fourth-order valence-corrected chi connectivity index (χ4v) is 0.721. The van der Waals surface area contributed by atoms with Crippen molar-refractivity contribution in [2.75, 3.05) is 6.54 Å². The van der Waals surface area contributed by atoms with E-state index in [0.717, 1.165) is 19.4 Å². The molecule has 0 saturated heterocycles. The van der Waals surface area contributed by atoms with Gasteiger partial charge in [-0.05, 0) is 12.6 Å². The molecule has 0 spiro atoms. The minimum atomic E-state index is -0.170. The molecule has 0 bridgehead atoms. The largest absolute Gasteiger partial charge is 0.338 e. The molecule has 3 nitrogen and oxygen atoms in total. The summed E-state index contributed by atoms with van der Waals surface area (Å²) in [6.45, 7) is 6.25. The summed E-state index contributed by atoms with van der Waals surface area (Å²) in [6, 6.07) is -0.170. The van der Waals surface area contributed by atoms with Gasteiger partial charge in [-0.25, -0.2) is 4.79 Å². The second kappa shape index (κ2) is 7.12. The van der Waals surface area contributed by atoms with E-state index in [1.54, 1.807) is 0 Å². The predicted molar refractivity (Wildman–Crippen MR) is 46.3 cm³/mol. The van der Waals surface area contributed by atoms with Crippen molar-refractivity contribution in [3.05, 3.63) is 12.8 Å². The van der Waals surface area contributed by atoms with Crippen LogP contribution in [0.2, 0.25) is 0 Å². The number of hydrogen-bond acceptors (Lipinski definition) is 1. The summed E-state index contributed by atoms with van der Waals surface area (Å²) in [4.78, 5) is 10.7. The Balaban J connectivity index is 3.10. The van der Waals surface area contributed by atoms with Gasteiger partial charge in [0, 0.05) is 6.54 Å². The molecule has 64 valence electrons. The molecule has 0 unspecified atom stereocenters. The summed E-state index contributed by atoms with van der Waals surface area (Å²) in [5, 5.41) is 5.13. The van der Waals surface area contributed by atoms with Gasteiger partial charge in [-0.2, -0.15) is 0 Å². The van der Waals surface area contributed by atoms with Crippen molar-refractivity contribution in [2.45, 2.75) is 26.2 Å². The molecular weight excluding hydrogens is 140 g/mol. The highest BCUT2D eigenvalue weighted by molar-refractivity contribution is 5.74. The van der Waals surface area contributed by atoms with Crippen LogP contribution in [0.25, 0.3) is 0 Å². The normalized spacial score (nSPS) is 8.82. The minimum Gasteiger partial charge on any atom is -0.338 e. The molecule has 0 fully saturated rings. The third kappa shape index (κ3) is 6.90. The molecule has 0 aromatic carbocycles. The molecule has 3 heteroatoms. The molecule has 0 aromatic heterocycles. The van der Waals surface area contributed by atoms with Gasteiger partial charge in [0.15, 0.2) is 0 Å². The lowest BCUT2D eigenvalue weighted by Crippen LogP contribution is -2.32. The lowest BCUT2D eigenvalue weighted by Gasteiger charge is -2.02. The quantitative estimate of drug-likeness (QED) is 0.583. The standard InChI is InChI=1S/C8H16N2O/c1-3-5-6-7-10-8(11)9-4-2/h4H,2-3,5-7H2,1H3,(H2,9,10,11). The minimum absolute atomic E-state index is 0.170. The van der Waals surface area contributed by atoms with Gasteiger partial charge in [-0.15, -0.1) is 0 Å². The lowest BCUT2D eigenvalue weighted by atomic mass is 10.2. The fourth-order valence-electron chi connectivity index (χ4n) is 0.721. The van der Waals surface area contributed by atoms with Gasteiger partial charge >= 0.3 is 6.03 Å². The number of urea groups is 1. The first-order valence-electron chi connectivity index (χ1n) is 3.96. The average Bonchev–Trinajstić information content (AvgIpc) is 1.99. The van der Waals surface area contributed by atoms with Crippen LogP contribution in [0.5, 0.6) is 0 Å². The monoisotopic (exact) mass is 156 g/mol. The number of carbonyl (C=O) groups excluding carboxylic acids is 1. The summed E-state index contributed by atoms with van der Waals surface area (Å²) in [6.07, 6.45) is 4.75. The smallest absolute Gasteiger partial charge is 0.318 e. The van der Waals surface area contributed by atoms with Crippen LogP contribution < -0.4 is 10.6 Å². The lowest BCUT2D eigenvalue weighted by molar-refractivity contribution is 0.244. The number of carbonyl (C=O) groups is 1. The number of nitrogens with one attached hydrogen (secondary N) is 2. The Morgan fingerprint density at radius 3 is 2.82 bits per heavy atom. The Kier molecular flexibility index (Phi) is 6.48. The zero-order valence-electron chi connectivity index (χ0n) is 7.02. The first-order chi connectivity index (χ1) is 5.31. The van der Waals surface area contributed by atoms with Crippen LogP contribution in [0.3, 0.4) is 0 Å². The Hall–Kier alpha value is -0.990. The summed E-state index contributed by atoms with van der Waals surface area (Å²) < 4.78 is 0. The third-order valence-corrected chi connectivity index (χ3v) is 1.30. The van der Waals surface area contributed by atoms with Crippen molar-refractivity contribution in [1.82, 2.24) is 10.6 Å². The molecule has 0 saturated carbocycles. The highest BCUT2D eigenvalue weighted by atomic mass is 16.2. The molecule has 11 heavy (non-hydrogen) atoms. The van der Waals surface area contributed by atoms with Gasteiger partial charge in [0.05, 0.1) is 0 Å². The molecular formula is C8H16N2O. The molecule has 0 aliphatic carbocycles. The van der Waals surface area contributed by atoms with E-state index in [2.05, 4.69) is 24.1 Å². The summed E-state index contributed by atoms with van der Waals surface area (Å²) in [5.41, 5.74) is 0. The van der Waals surface area contributed by atoms with Gasteiger partial charge in [0.25, 0.3) is 0 Å². The summed E-state index contributed by atoms with van der Waals surface area (Å²) in [7, 11) is 0. The van der Waals surface area contributed by atoms with Crippen LogP contribution in [0.1, 0.15) is 26.2 Å². The molecule has 0 aromatic rings. The molecule has 0 aliphatic heterocycles. The Bertz CT molecular complexity index is 123. The van der Waals surface area contributed by atoms with E-state index < -0.39 is 0 Å². The van der Waals surface area contributed by atoms with Gasteiger partial charge in [-0.1, -0.05) is 26.3 Å². The zero-order chi connectivity index (χ0) is 8.53. The van der Waals surface area contributed by atoms with Crippen molar-refractivity contribution in [3.8, 4) is 0 Å². The summed E-state index contributed by atoms with van der Waals surface area (Å²) >= 11 is 0. The second-order valence-corrected chi connectivity index (χ2v) is 2.31. The molecule has 0 atom stereocenters. The second-order valence-electron chi connectivity index (χ2n) is 2.31. The van der Waals surface area contributed by atoms with E-state index in [0.29, 0.717) is 0 Å². The SMILES string of the molecule is C=CNC(=O)NCCCCC. The maximum atomic E-state index is 10.7. The van der Waals surface area contributed by atoms with Crippen molar-refractivity contribution in [3.63, 3.8) is 0 Å². The highest BCUT2D eigenvalue weighted by Gasteiger charge is 1.93. The van der Waals surface area contributed by atoms with E-state index >= 15 is 0 Å². The molecule has 0 aliphatic rings. The van der Waals surface area contributed by atoms with Crippen molar-refractivity contribution < 1.29 is 4.79 Å². The number of hydrogen-bond donors (Lipinski definition) is 2. The Morgan fingerprint density at radius 2 is 2.27 bits per heavy atom. The highest BCUT2D eigenvalue weighted by Crippen LogP contribution is 1.90. The number of amides is 2. The van der Waals surface area contributed by atoms with Crippen molar-refractivity contribution in [2.24, 2.45) is 0 Å². The van der Waals surface area contributed by atoms with Crippen LogP contribution in [0.15, 0.2) is 12.8 Å². The van der Waals surface area contributed by atoms with Crippen molar-refractivity contribution >= 4 is 6.03 Å². The van der Waals surface area contributed by atoms with Crippen LogP contribution in [0.4, 0.5) is 4.79 Å². The Morgan fingerprint density at radius 1 is 1.55 bits per heavy atom.